The number of amides is 1. The van der Waals surface area contributed by atoms with Gasteiger partial charge in [-0.2, -0.15) is 0 Å². The molecule has 92 valence electrons. The van der Waals surface area contributed by atoms with E-state index in [2.05, 4.69) is 5.32 Å². The number of carbonyl (C=O) groups is 1. The Morgan fingerprint density at radius 2 is 1.75 bits per heavy atom. The van der Waals surface area contributed by atoms with Crippen molar-refractivity contribution in [2.75, 3.05) is 26.2 Å². The third-order valence-corrected chi connectivity index (χ3v) is 3.42. The first-order valence-corrected chi connectivity index (χ1v) is 6.32. The Balaban J connectivity index is 1.92. The van der Waals surface area contributed by atoms with E-state index in [0.29, 0.717) is 5.91 Å². The molecule has 0 aromatic rings. The van der Waals surface area contributed by atoms with Gasteiger partial charge in [-0.3, -0.25) is 4.79 Å². The SMILES string of the molecule is C[C@H]1CN(C(=O)C2CCNCC2)C[C@H](C)O1. The smallest absolute Gasteiger partial charge is 0.225 e. The van der Waals surface area contributed by atoms with Gasteiger partial charge in [0.15, 0.2) is 0 Å². The fourth-order valence-electron chi connectivity index (χ4n) is 2.68. The molecule has 4 nitrogen and oxygen atoms in total. The van der Waals surface area contributed by atoms with Crippen molar-refractivity contribution in [3.8, 4) is 0 Å². The van der Waals surface area contributed by atoms with Crippen molar-refractivity contribution >= 4 is 5.91 Å². The molecule has 16 heavy (non-hydrogen) atoms. The molecule has 2 heterocycles. The van der Waals surface area contributed by atoms with E-state index in [9.17, 15) is 4.79 Å². The van der Waals surface area contributed by atoms with Crippen LogP contribution in [0.3, 0.4) is 0 Å². The summed E-state index contributed by atoms with van der Waals surface area (Å²) in [5.41, 5.74) is 0. The summed E-state index contributed by atoms with van der Waals surface area (Å²) < 4.78 is 5.65. The second-order valence-electron chi connectivity index (χ2n) is 5.02. The van der Waals surface area contributed by atoms with Crippen LogP contribution in [0, 0.1) is 5.92 Å². The number of carbonyl (C=O) groups excluding carboxylic acids is 1. The number of rotatable bonds is 1. The number of nitrogens with zero attached hydrogens (tertiary/aromatic N) is 1. The van der Waals surface area contributed by atoms with Gasteiger partial charge in [-0.1, -0.05) is 0 Å². The Labute approximate surface area is 97.3 Å². The number of nitrogens with one attached hydrogen (secondary N) is 1. The third kappa shape index (κ3) is 2.74. The highest BCUT2D eigenvalue weighted by molar-refractivity contribution is 5.79. The van der Waals surface area contributed by atoms with E-state index in [-0.39, 0.29) is 18.1 Å². The Morgan fingerprint density at radius 1 is 1.19 bits per heavy atom. The molecule has 1 amide bonds. The Bertz CT molecular complexity index is 241. The summed E-state index contributed by atoms with van der Waals surface area (Å²) in [7, 11) is 0. The number of ether oxygens (including phenoxy) is 1. The predicted molar refractivity (Wildman–Crippen MR) is 62.2 cm³/mol. The Kier molecular flexibility index (Phi) is 3.82. The van der Waals surface area contributed by atoms with Crippen molar-refractivity contribution in [1.29, 1.82) is 0 Å². The van der Waals surface area contributed by atoms with Crippen LogP contribution in [0.15, 0.2) is 0 Å². The molecule has 0 aromatic carbocycles. The van der Waals surface area contributed by atoms with Crippen molar-refractivity contribution in [2.24, 2.45) is 5.92 Å². The maximum absolute atomic E-state index is 12.3. The first-order chi connectivity index (χ1) is 7.66. The minimum atomic E-state index is 0.175. The van der Waals surface area contributed by atoms with Gasteiger partial charge >= 0.3 is 0 Å². The monoisotopic (exact) mass is 226 g/mol. The molecule has 2 fully saturated rings. The highest BCUT2D eigenvalue weighted by Gasteiger charge is 2.30. The lowest BCUT2D eigenvalue weighted by molar-refractivity contribution is -0.148. The lowest BCUT2D eigenvalue weighted by Crippen LogP contribution is -2.51. The molecular formula is C12H22N2O2. The van der Waals surface area contributed by atoms with Gasteiger partial charge in [0, 0.05) is 19.0 Å². The summed E-state index contributed by atoms with van der Waals surface area (Å²) in [6.45, 7) is 7.55. The van der Waals surface area contributed by atoms with Gasteiger partial charge < -0.3 is 15.0 Å². The quantitative estimate of drug-likeness (QED) is 0.713. The van der Waals surface area contributed by atoms with Crippen LogP contribution in [-0.2, 0) is 9.53 Å². The summed E-state index contributed by atoms with van der Waals surface area (Å²) in [5, 5.41) is 3.29. The van der Waals surface area contributed by atoms with Crippen LogP contribution in [0.4, 0.5) is 0 Å². The highest BCUT2D eigenvalue weighted by atomic mass is 16.5. The molecule has 0 saturated carbocycles. The largest absolute Gasteiger partial charge is 0.372 e. The van der Waals surface area contributed by atoms with Gasteiger partial charge in [-0.25, -0.2) is 0 Å². The second-order valence-corrected chi connectivity index (χ2v) is 5.02. The van der Waals surface area contributed by atoms with E-state index >= 15 is 0 Å². The molecule has 0 spiro atoms. The van der Waals surface area contributed by atoms with E-state index in [1.807, 2.05) is 18.7 Å². The lowest BCUT2D eigenvalue weighted by Gasteiger charge is -2.37. The van der Waals surface area contributed by atoms with E-state index < -0.39 is 0 Å². The predicted octanol–water partition coefficient (Wildman–Crippen LogP) is 0.622. The normalized spacial score (nSPS) is 32.8. The number of morpholine rings is 1. The van der Waals surface area contributed by atoms with Crippen molar-refractivity contribution in [2.45, 2.75) is 38.9 Å². The maximum Gasteiger partial charge on any atom is 0.225 e. The average Bonchev–Trinajstić information content (AvgIpc) is 2.28. The van der Waals surface area contributed by atoms with Crippen LogP contribution in [0.1, 0.15) is 26.7 Å². The summed E-state index contributed by atoms with van der Waals surface area (Å²) in [6, 6.07) is 0. The zero-order valence-corrected chi connectivity index (χ0v) is 10.2. The van der Waals surface area contributed by atoms with Crippen molar-refractivity contribution in [1.82, 2.24) is 10.2 Å². The van der Waals surface area contributed by atoms with Gasteiger partial charge in [0.25, 0.3) is 0 Å². The molecule has 0 unspecified atom stereocenters. The Hall–Kier alpha value is -0.610. The van der Waals surface area contributed by atoms with Gasteiger partial charge in [0.2, 0.25) is 5.91 Å². The molecule has 0 aliphatic carbocycles. The zero-order chi connectivity index (χ0) is 11.5. The van der Waals surface area contributed by atoms with Crippen LogP contribution in [-0.4, -0.2) is 49.2 Å². The molecule has 2 saturated heterocycles. The van der Waals surface area contributed by atoms with Gasteiger partial charge in [0.05, 0.1) is 12.2 Å². The van der Waals surface area contributed by atoms with E-state index in [0.717, 1.165) is 39.0 Å². The molecular weight excluding hydrogens is 204 g/mol. The van der Waals surface area contributed by atoms with Gasteiger partial charge in [-0.05, 0) is 39.8 Å². The average molecular weight is 226 g/mol. The first-order valence-electron chi connectivity index (χ1n) is 6.32. The van der Waals surface area contributed by atoms with Crippen LogP contribution < -0.4 is 5.32 Å². The van der Waals surface area contributed by atoms with Crippen molar-refractivity contribution in [3.05, 3.63) is 0 Å². The van der Waals surface area contributed by atoms with Gasteiger partial charge in [-0.15, -0.1) is 0 Å². The number of piperidine rings is 1. The van der Waals surface area contributed by atoms with Crippen LogP contribution in [0.2, 0.25) is 0 Å². The molecule has 0 radical (unpaired) electrons. The molecule has 0 bridgehead atoms. The summed E-state index contributed by atoms with van der Waals surface area (Å²) >= 11 is 0. The summed E-state index contributed by atoms with van der Waals surface area (Å²) in [6.07, 6.45) is 2.32. The fraction of sp³-hybridized carbons (Fsp3) is 0.917. The van der Waals surface area contributed by atoms with Crippen molar-refractivity contribution < 1.29 is 9.53 Å². The Morgan fingerprint density at radius 3 is 2.31 bits per heavy atom. The molecule has 2 atom stereocenters. The summed E-state index contributed by atoms with van der Waals surface area (Å²) in [4.78, 5) is 14.3. The topological polar surface area (TPSA) is 41.6 Å². The maximum atomic E-state index is 12.3. The highest BCUT2D eigenvalue weighted by Crippen LogP contribution is 2.19. The van der Waals surface area contributed by atoms with E-state index in [1.165, 1.54) is 0 Å². The molecule has 2 aliphatic rings. The van der Waals surface area contributed by atoms with Crippen molar-refractivity contribution in [3.63, 3.8) is 0 Å². The molecule has 4 heteroatoms. The molecule has 1 N–H and O–H groups in total. The standard InChI is InChI=1S/C12H22N2O2/c1-9-7-14(8-10(2)16-9)12(15)11-3-5-13-6-4-11/h9-11,13H,3-8H2,1-2H3/t9-,10-/m0/s1. The fourth-order valence-corrected chi connectivity index (χ4v) is 2.68. The summed E-state index contributed by atoms with van der Waals surface area (Å²) in [5.74, 6) is 0.572. The molecule has 2 aliphatic heterocycles. The minimum Gasteiger partial charge on any atom is -0.372 e. The third-order valence-electron chi connectivity index (χ3n) is 3.42. The number of hydrogen-bond donors (Lipinski definition) is 1. The molecule has 2 rings (SSSR count). The second kappa shape index (κ2) is 5.15. The molecule has 0 aromatic heterocycles. The van der Waals surface area contributed by atoms with Gasteiger partial charge in [0.1, 0.15) is 0 Å². The van der Waals surface area contributed by atoms with Crippen LogP contribution in [0.5, 0.6) is 0 Å². The zero-order valence-electron chi connectivity index (χ0n) is 10.2. The minimum absolute atomic E-state index is 0.175. The van der Waals surface area contributed by atoms with E-state index in [1.54, 1.807) is 0 Å². The number of hydrogen-bond acceptors (Lipinski definition) is 3. The van der Waals surface area contributed by atoms with Crippen LogP contribution >= 0.6 is 0 Å². The first kappa shape index (κ1) is 11.9. The lowest BCUT2D eigenvalue weighted by atomic mass is 9.96. The van der Waals surface area contributed by atoms with Crippen LogP contribution in [0.25, 0.3) is 0 Å². The van der Waals surface area contributed by atoms with E-state index in [4.69, 9.17) is 4.74 Å².